The second-order valence-electron chi connectivity index (χ2n) is 5.18. The molecule has 1 aliphatic rings. The molecular weight excluding hydrogens is 254 g/mol. The van der Waals surface area contributed by atoms with E-state index >= 15 is 0 Å². The number of aryl methyl sites for hydroxylation is 2. The fourth-order valence-electron chi connectivity index (χ4n) is 1.95. The van der Waals surface area contributed by atoms with Gasteiger partial charge < -0.3 is 11.1 Å². The maximum atomic E-state index is 11.8. The number of anilines is 1. The monoisotopic (exact) mass is 271 g/mol. The van der Waals surface area contributed by atoms with Crippen LogP contribution in [0.15, 0.2) is 36.8 Å². The summed E-state index contributed by atoms with van der Waals surface area (Å²) in [6.07, 6.45) is 7.79. The SMILES string of the molecule is NC1(C(=O)Nc2ccn(CCc3ccncc3)n2)CC1. The third kappa shape index (κ3) is 2.85. The topological polar surface area (TPSA) is 85.8 Å². The van der Waals surface area contributed by atoms with Crippen LogP contribution in [0.5, 0.6) is 0 Å². The summed E-state index contributed by atoms with van der Waals surface area (Å²) in [7, 11) is 0. The van der Waals surface area contributed by atoms with Crippen molar-refractivity contribution in [1.82, 2.24) is 14.8 Å². The number of amides is 1. The quantitative estimate of drug-likeness (QED) is 0.847. The number of nitrogens with zero attached hydrogens (tertiary/aromatic N) is 3. The maximum Gasteiger partial charge on any atom is 0.245 e. The van der Waals surface area contributed by atoms with Crippen molar-refractivity contribution in [3.63, 3.8) is 0 Å². The number of hydrogen-bond acceptors (Lipinski definition) is 4. The smallest absolute Gasteiger partial charge is 0.245 e. The van der Waals surface area contributed by atoms with Gasteiger partial charge in [-0.05, 0) is 37.0 Å². The highest BCUT2D eigenvalue weighted by atomic mass is 16.2. The van der Waals surface area contributed by atoms with Crippen LogP contribution in [0.3, 0.4) is 0 Å². The molecule has 2 aromatic rings. The van der Waals surface area contributed by atoms with Gasteiger partial charge in [-0.3, -0.25) is 14.5 Å². The number of carbonyl (C=O) groups is 1. The molecule has 1 fully saturated rings. The molecule has 6 heteroatoms. The Morgan fingerprint density at radius 3 is 2.80 bits per heavy atom. The Bertz CT molecular complexity index is 603. The lowest BCUT2D eigenvalue weighted by Crippen LogP contribution is -2.37. The number of nitrogens with two attached hydrogens (primary N) is 1. The van der Waals surface area contributed by atoms with Gasteiger partial charge in [0, 0.05) is 31.2 Å². The molecule has 0 atom stereocenters. The molecule has 0 aromatic carbocycles. The van der Waals surface area contributed by atoms with Crippen molar-refractivity contribution >= 4 is 11.7 Å². The summed E-state index contributed by atoms with van der Waals surface area (Å²) in [5.74, 6) is 0.415. The third-order valence-corrected chi connectivity index (χ3v) is 3.50. The van der Waals surface area contributed by atoms with Gasteiger partial charge in [0.15, 0.2) is 5.82 Å². The number of hydrogen-bond donors (Lipinski definition) is 2. The molecule has 1 amide bonds. The number of carbonyl (C=O) groups excluding carboxylic acids is 1. The number of pyridine rings is 1. The van der Waals surface area contributed by atoms with Crippen molar-refractivity contribution in [3.8, 4) is 0 Å². The van der Waals surface area contributed by atoms with Gasteiger partial charge in [0.2, 0.25) is 5.91 Å². The van der Waals surface area contributed by atoms with Crippen LogP contribution in [-0.2, 0) is 17.8 Å². The van der Waals surface area contributed by atoms with E-state index in [1.54, 1.807) is 18.5 Å². The van der Waals surface area contributed by atoms with Gasteiger partial charge in [0.25, 0.3) is 0 Å². The van der Waals surface area contributed by atoms with Gasteiger partial charge in [0.1, 0.15) is 0 Å². The Morgan fingerprint density at radius 1 is 1.35 bits per heavy atom. The van der Waals surface area contributed by atoms with Gasteiger partial charge in [0.05, 0.1) is 5.54 Å². The highest BCUT2D eigenvalue weighted by molar-refractivity contribution is 5.99. The second-order valence-corrected chi connectivity index (χ2v) is 5.18. The first-order valence-electron chi connectivity index (χ1n) is 6.68. The van der Waals surface area contributed by atoms with E-state index in [-0.39, 0.29) is 5.91 Å². The van der Waals surface area contributed by atoms with Gasteiger partial charge >= 0.3 is 0 Å². The number of aromatic nitrogens is 3. The average Bonchev–Trinajstić information content (AvgIpc) is 3.06. The normalized spacial score (nSPS) is 15.8. The lowest BCUT2D eigenvalue weighted by atomic mass is 10.2. The Morgan fingerprint density at radius 2 is 2.10 bits per heavy atom. The van der Waals surface area contributed by atoms with Crippen molar-refractivity contribution in [2.45, 2.75) is 31.3 Å². The van der Waals surface area contributed by atoms with Crippen molar-refractivity contribution in [2.75, 3.05) is 5.32 Å². The second kappa shape index (κ2) is 5.05. The predicted molar refractivity (Wildman–Crippen MR) is 75.0 cm³/mol. The minimum atomic E-state index is -0.666. The van der Waals surface area contributed by atoms with Crippen molar-refractivity contribution < 1.29 is 4.79 Å². The zero-order valence-electron chi connectivity index (χ0n) is 11.1. The van der Waals surface area contributed by atoms with Crippen molar-refractivity contribution in [3.05, 3.63) is 42.4 Å². The fraction of sp³-hybridized carbons (Fsp3) is 0.357. The standard InChI is InChI=1S/C14H17N5O/c15-14(5-6-14)13(20)17-12-4-10-19(18-12)9-3-11-1-7-16-8-2-11/h1-2,4,7-8,10H,3,5-6,9,15H2,(H,17,18,20). The molecule has 0 spiro atoms. The average molecular weight is 271 g/mol. The van der Waals surface area contributed by atoms with E-state index in [0.29, 0.717) is 5.82 Å². The van der Waals surface area contributed by atoms with E-state index in [0.717, 1.165) is 25.8 Å². The molecule has 0 radical (unpaired) electrons. The highest BCUT2D eigenvalue weighted by Gasteiger charge is 2.46. The number of nitrogens with one attached hydrogen (secondary N) is 1. The molecule has 0 unspecified atom stereocenters. The summed E-state index contributed by atoms with van der Waals surface area (Å²) in [6.45, 7) is 0.758. The van der Waals surface area contributed by atoms with Crippen LogP contribution in [0, 0.1) is 0 Å². The molecular formula is C14H17N5O. The zero-order valence-corrected chi connectivity index (χ0v) is 11.1. The molecule has 3 rings (SSSR count). The van der Waals surface area contributed by atoms with E-state index in [1.165, 1.54) is 5.56 Å². The highest BCUT2D eigenvalue weighted by Crippen LogP contribution is 2.33. The molecule has 0 bridgehead atoms. The van der Waals surface area contributed by atoms with Gasteiger partial charge in [-0.2, -0.15) is 5.10 Å². The minimum absolute atomic E-state index is 0.142. The molecule has 0 aliphatic heterocycles. The van der Waals surface area contributed by atoms with Crippen LogP contribution < -0.4 is 11.1 Å². The van der Waals surface area contributed by atoms with E-state index < -0.39 is 5.54 Å². The van der Waals surface area contributed by atoms with E-state index in [9.17, 15) is 4.79 Å². The molecule has 1 saturated carbocycles. The van der Waals surface area contributed by atoms with Crippen molar-refractivity contribution in [1.29, 1.82) is 0 Å². The summed E-state index contributed by atoms with van der Waals surface area (Å²) >= 11 is 0. The van der Waals surface area contributed by atoms with Crippen LogP contribution in [0.4, 0.5) is 5.82 Å². The largest absolute Gasteiger partial charge is 0.317 e. The van der Waals surface area contributed by atoms with Crippen molar-refractivity contribution in [2.24, 2.45) is 5.73 Å². The molecule has 2 aromatic heterocycles. The molecule has 2 heterocycles. The first kappa shape index (κ1) is 12.8. The molecule has 1 aliphatic carbocycles. The van der Waals surface area contributed by atoms with Crippen LogP contribution >= 0.6 is 0 Å². The summed E-state index contributed by atoms with van der Waals surface area (Å²) in [5, 5.41) is 7.08. The Hall–Kier alpha value is -2.21. The zero-order chi connectivity index (χ0) is 14.0. The molecule has 0 saturated heterocycles. The molecule has 6 nitrogen and oxygen atoms in total. The number of rotatable bonds is 5. The first-order chi connectivity index (χ1) is 9.66. The Labute approximate surface area is 117 Å². The lowest BCUT2D eigenvalue weighted by molar-refractivity contribution is -0.118. The summed E-state index contributed by atoms with van der Waals surface area (Å²) < 4.78 is 1.81. The van der Waals surface area contributed by atoms with E-state index in [2.05, 4.69) is 15.4 Å². The lowest BCUT2D eigenvalue weighted by Gasteiger charge is -2.07. The molecule has 20 heavy (non-hydrogen) atoms. The third-order valence-electron chi connectivity index (χ3n) is 3.50. The Balaban J connectivity index is 1.55. The summed E-state index contributed by atoms with van der Waals surface area (Å²) in [5.41, 5.74) is 6.37. The Kier molecular flexibility index (Phi) is 3.23. The predicted octanol–water partition coefficient (Wildman–Crippen LogP) is 0.951. The summed E-state index contributed by atoms with van der Waals surface area (Å²) in [4.78, 5) is 15.8. The van der Waals surface area contributed by atoms with Crippen LogP contribution in [-0.4, -0.2) is 26.2 Å². The maximum absolute atomic E-state index is 11.8. The first-order valence-corrected chi connectivity index (χ1v) is 6.68. The van der Waals surface area contributed by atoms with E-state index in [1.807, 2.05) is 23.0 Å². The fourth-order valence-corrected chi connectivity index (χ4v) is 1.95. The summed E-state index contributed by atoms with van der Waals surface area (Å²) in [6, 6.07) is 5.76. The van der Waals surface area contributed by atoms with Gasteiger partial charge in [-0.1, -0.05) is 0 Å². The van der Waals surface area contributed by atoms with Crippen LogP contribution in [0.2, 0.25) is 0 Å². The van der Waals surface area contributed by atoms with Crippen LogP contribution in [0.25, 0.3) is 0 Å². The van der Waals surface area contributed by atoms with Crippen LogP contribution in [0.1, 0.15) is 18.4 Å². The van der Waals surface area contributed by atoms with E-state index in [4.69, 9.17) is 5.73 Å². The van der Waals surface area contributed by atoms with Gasteiger partial charge in [-0.15, -0.1) is 0 Å². The molecule has 104 valence electrons. The minimum Gasteiger partial charge on any atom is -0.317 e. The molecule has 3 N–H and O–H groups in total. The van der Waals surface area contributed by atoms with Gasteiger partial charge in [-0.25, -0.2) is 0 Å².